The minimum absolute atomic E-state index is 0.186. The molecule has 0 bridgehead atoms. The predicted molar refractivity (Wildman–Crippen MR) is 62.6 cm³/mol. The lowest BCUT2D eigenvalue weighted by molar-refractivity contribution is 0.0694. The third-order valence-corrected chi connectivity index (χ3v) is 3.42. The zero-order valence-corrected chi connectivity index (χ0v) is 9.89. The van der Waals surface area contributed by atoms with Gasteiger partial charge in [0.1, 0.15) is 11.9 Å². The first-order valence-electron chi connectivity index (χ1n) is 5.94. The summed E-state index contributed by atoms with van der Waals surface area (Å²) in [4.78, 5) is 18.7. The summed E-state index contributed by atoms with van der Waals surface area (Å²) in [6, 6.07) is 0.478. The van der Waals surface area contributed by atoms with Crippen LogP contribution >= 0.6 is 0 Å². The molecule has 0 aromatic carbocycles. The molecule has 1 aromatic rings. The molecule has 1 saturated carbocycles. The topological polar surface area (TPSA) is 75.1 Å². The second-order valence-corrected chi connectivity index (χ2v) is 4.58. The average molecular weight is 235 g/mol. The number of hydrogen-bond donors (Lipinski definition) is 2. The number of carboxylic acid groups (broad SMARTS) is 1. The van der Waals surface area contributed by atoms with Crippen LogP contribution < -0.4 is 5.32 Å². The van der Waals surface area contributed by atoms with Crippen molar-refractivity contribution in [2.24, 2.45) is 5.92 Å². The highest BCUT2D eigenvalue weighted by Gasteiger charge is 2.23. The number of carboxylic acids is 1. The van der Waals surface area contributed by atoms with Gasteiger partial charge in [0.25, 0.3) is 0 Å². The van der Waals surface area contributed by atoms with Crippen molar-refractivity contribution < 1.29 is 9.90 Å². The fourth-order valence-corrected chi connectivity index (χ4v) is 2.35. The quantitative estimate of drug-likeness (QED) is 0.826. The summed E-state index contributed by atoms with van der Waals surface area (Å²) >= 11 is 0. The molecule has 5 nitrogen and oxygen atoms in total. The Morgan fingerprint density at radius 3 is 3.06 bits per heavy atom. The van der Waals surface area contributed by atoms with Crippen molar-refractivity contribution >= 4 is 5.97 Å². The smallest absolute Gasteiger partial charge is 0.339 e. The lowest BCUT2D eigenvalue weighted by atomic mass is 10.1. The Kier molecular flexibility index (Phi) is 3.68. The molecule has 1 fully saturated rings. The molecule has 1 heterocycles. The van der Waals surface area contributed by atoms with Crippen molar-refractivity contribution in [3.05, 3.63) is 23.8 Å². The number of hydrogen-bond acceptors (Lipinski definition) is 4. The Morgan fingerprint density at radius 1 is 1.59 bits per heavy atom. The molecule has 0 amide bonds. The zero-order valence-electron chi connectivity index (χ0n) is 9.89. The molecule has 17 heavy (non-hydrogen) atoms. The molecule has 0 aliphatic heterocycles. The molecule has 2 N–H and O–H groups in total. The normalized spacial score (nSPS) is 23.8. The van der Waals surface area contributed by atoms with Crippen molar-refractivity contribution in [1.29, 1.82) is 0 Å². The summed E-state index contributed by atoms with van der Waals surface area (Å²) in [6.07, 6.45) is 6.39. The number of nitrogens with zero attached hydrogens (tertiary/aromatic N) is 2. The standard InChI is InChI=1S/C12H17N3O2/c1-8-3-2-4-10(8)14-6-11-9(12(16)17)5-13-7-15-11/h5,7-8,10,14H,2-4,6H2,1H3,(H,16,17). The van der Waals surface area contributed by atoms with Gasteiger partial charge >= 0.3 is 5.97 Å². The maximum absolute atomic E-state index is 11.0. The van der Waals surface area contributed by atoms with Gasteiger partial charge in [0.15, 0.2) is 0 Å². The van der Waals surface area contributed by atoms with Crippen LogP contribution in [0.15, 0.2) is 12.5 Å². The van der Waals surface area contributed by atoms with E-state index in [2.05, 4.69) is 22.2 Å². The summed E-state index contributed by atoms with van der Waals surface area (Å²) in [5.41, 5.74) is 0.747. The summed E-state index contributed by atoms with van der Waals surface area (Å²) in [6.45, 7) is 2.72. The molecule has 92 valence electrons. The van der Waals surface area contributed by atoms with Crippen LogP contribution in [0.3, 0.4) is 0 Å². The van der Waals surface area contributed by atoms with Gasteiger partial charge in [-0.1, -0.05) is 13.3 Å². The fourth-order valence-electron chi connectivity index (χ4n) is 2.35. The molecular formula is C12H17N3O2. The summed E-state index contributed by atoms with van der Waals surface area (Å²) < 4.78 is 0. The van der Waals surface area contributed by atoms with E-state index in [1.165, 1.54) is 25.4 Å². The number of rotatable bonds is 4. The first kappa shape index (κ1) is 12.0. The largest absolute Gasteiger partial charge is 0.478 e. The maximum Gasteiger partial charge on any atom is 0.339 e. The van der Waals surface area contributed by atoms with Crippen molar-refractivity contribution in [3.8, 4) is 0 Å². The molecule has 2 atom stereocenters. The molecule has 2 rings (SSSR count). The van der Waals surface area contributed by atoms with E-state index in [-0.39, 0.29) is 5.56 Å². The molecule has 5 heteroatoms. The van der Waals surface area contributed by atoms with E-state index in [1.54, 1.807) is 0 Å². The molecule has 0 saturated heterocycles. The Balaban J connectivity index is 2.01. The van der Waals surface area contributed by atoms with Crippen molar-refractivity contribution in [1.82, 2.24) is 15.3 Å². The van der Waals surface area contributed by atoms with Crippen LogP contribution in [0.1, 0.15) is 42.2 Å². The van der Waals surface area contributed by atoms with E-state index < -0.39 is 5.97 Å². The van der Waals surface area contributed by atoms with Crippen LogP contribution in [0.4, 0.5) is 0 Å². The molecular weight excluding hydrogens is 218 g/mol. The van der Waals surface area contributed by atoms with Gasteiger partial charge < -0.3 is 10.4 Å². The lowest BCUT2D eigenvalue weighted by Gasteiger charge is -2.17. The van der Waals surface area contributed by atoms with E-state index in [0.717, 1.165) is 6.42 Å². The monoisotopic (exact) mass is 235 g/mol. The maximum atomic E-state index is 11.0. The summed E-state index contributed by atoms with van der Waals surface area (Å²) in [5, 5.41) is 12.4. The minimum Gasteiger partial charge on any atom is -0.478 e. The molecule has 1 aliphatic rings. The molecule has 1 aromatic heterocycles. The van der Waals surface area contributed by atoms with Gasteiger partial charge in [0, 0.05) is 18.8 Å². The SMILES string of the molecule is CC1CCCC1NCc1ncncc1C(=O)O. The van der Waals surface area contributed by atoms with E-state index in [4.69, 9.17) is 5.11 Å². The highest BCUT2D eigenvalue weighted by molar-refractivity contribution is 5.88. The number of nitrogens with one attached hydrogen (secondary N) is 1. The van der Waals surface area contributed by atoms with Gasteiger partial charge in [0.05, 0.1) is 5.69 Å². The first-order valence-corrected chi connectivity index (χ1v) is 5.94. The van der Waals surface area contributed by atoms with Gasteiger partial charge in [-0.3, -0.25) is 0 Å². The summed E-state index contributed by atoms with van der Waals surface area (Å²) in [5.74, 6) is -0.313. The Morgan fingerprint density at radius 2 is 2.41 bits per heavy atom. The van der Waals surface area contributed by atoms with E-state index in [1.807, 2.05) is 0 Å². The zero-order chi connectivity index (χ0) is 12.3. The van der Waals surface area contributed by atoms with Gasteiger partial charge in [-0.05, 0) is 18.8 Å². The predicted octanol–water partition coefficient (Wildman–Crippen LogP) is 1.45. The molecule has 0 spiro atoms. The van der Waals surface area contributed by atoms with Crippen LogP contribution in [-0.2, 0) is 6.54 Å². The van der Waals surface area contributed by atoms with E-state index in [9.17, 15) is 4.79 Å². The van der Waals surface area contributed by atoms with Crippen LogP contribution in [0, 0.1) is 5.92 Å². The highest BCUT2D eigenvalue weighted by Crippen LogP contribution is 2.25. The van der Waals surface area contributed by atoms with Gasteiger partial charge in [-0.2, -0.15) is 0 Å². The third kappa shape index (κ3) is 2.79. The number of carbonyl (C=O) groups is 1. The van der Waals surface area contributed by atoms with Gasteiger partial charge in [-0.25, -0.2) is 14.8 Å². The third-order valence-electron chi connectivity index (χ3n) is 3.42. The van der Waals surface area contributed by atoms with Crippen LogP contribution in [-0.4, -0.2) is 27.1 Å². The van der Waals surface area contributed by atoms with Crippen molar-refractivity contribution in [2.45, 2.75) is 38.8 Å². The second-order valence-electron chi connectivity index (χ2n) is 4.58. The summed E-state index contributed by atoms with van der Waals surface area (Å²) in [7, 11) is 0. The van der Waals surface area contributed by atoms with Gasteiger partial charge in [-0.15, -0.1) is 0 Å². The van der Waals surface area contributed by atoms with Crippen LogP contribution in [0.5, 0.6) is 0 Å². The highest BCUT2D eigenvalue weighted by atomic mass is 16.4. The average Bonchev–Trinajstić information content (AvgIpc) is 2.72. The first-order chi connectivity index (χ1) is 8.18. The molecule has 0 radical (unpaired) electrons. The molecule has 1 aliphatic carbocycles. The van der Waals surface area contributed by atoms with Crippen LogP contribution in [0.2, 0.25) is 0 Å². The Labute approximate surface area is 100 Å². The lowest BCUT2D eigenvalue weighted by Crippen LogP contribution is -2.31. The van der Waals surface area contributed by atoms with Crippen molar-refractivity contribution in [3.63, 3.8) is 0 Å². The van der Waals surface area contributed by atoms with Crippen LogP contribution in [0.25, 0.3) is 0 Å². The van der Waals surface area contributed by atoms with Crippen molar-refractivity contribution in [2.75, 3.05) is 0 Å². The number of aromatic carboxylic acids is 1. The number of aromatic nitrogens is 2. The minimum atomic E-state index is -0.970. The Hall–Kier alpha value is -1.49. The van der Waals surface area contributed by atoms with Gasteiger partial charge in [0.2, 0.25) is 0 Å². The fraction of sp³-hybridized carbons (Fsp3) is 0.583. The molecule has 2 unspecified atom stereocenters. The van der Waals surface area contributed by atoms with E-state index >= 15 is 0 Å². The van der Waals surface area contributed by atoms with E-state index in [0.29, 0.717) is 24.2 Å². The second kappa shape index (κ2) is 5.23. The Bertz CT molecular complexity index is 408.